The highest BCUT2D eigenvalue weighted by atomic mass is 32.2. The first-order valence-electron chi connectivity index (χ1n) is 9.40. The van der Waals surface area contributed by atoms with E-state index in [1.54, 1.807) is 38.3 Å². The molecule has 2 aromatic carbocycles. The number of methoxy groups -OCH3 is 2. The number of anilines is 1. The highest BCUT2D eigenvalue weighted by Crippen LogP contribution is 2.32. The molecule has 3 aromatic rings. The van der Waals surface area contributed by atoms with Crippen LogP contribution in [-0.2, 0) is 21.4 Å². The molecule has 0 aliphatic carbocycles. The molecule has 3 N–H and O–H groups in total. The van der Waals surface area contributed by atoms with Gasteiger partial charge >= 0.3 is 0 Å². The van der Waals surface area contributed by atoms with Gasteiger partial charge in [-0.25, -0.2) is 18.5 Å². The molecule has 0 saturated carbocycles. The maximum absolute atomic E-state index is 12.8. The number of sulfonamides is 1. The Kier molecular flexibility index (Phi) is 6.77. The van der Waals surface area contributed by atoms with Crippen molar-refractivity contribution in [1.82, 2.24) is 9.55 Å². The first-order chi connectivity index (χ1) is 14.7. The van der Waals surface area contributed by atoms with Crippen LogP contribution in [0.25, 0.3) is 11.0 Å². The average Bonchev–Trinajstić information content (AvgIpc) is 3.08. The summed E-state index contributed by atoms with van der Waals surface area (Å²) in [5, 5.41) is 8.19. The largest absolute Gasteiger partial charge is 0.497 e. The molecular weight excluding hydrogens is 440 g/mol. The van der Waals surface area contributed by atoms with Crippen molar-refractivity contribution in [2.24, 2.45) is 5.14 Å². The molecule has 0 radical (unpaired) electrons. The minimum atomic E-state index is -3.83. The molecule has 31 heavy (non-hydrogen) atoms. The molecule has 0 aliphatic rings. The van der Waals surface area contributed by atoms with E-state index in [0.717, 1.165) is 5.52 Å². The number of carbonyl (C=O) groups is 1. The van der Waals surface area contributed by atoms with Crippen LogP contribution in [0.5, 0.6) is 11.5 Å². The third-order valence-corrected chi connectivity index (χ3v) is 6.65. The Morgan fingerprint density at radius 3 is 2.58 bits per heavy atom. The number of imidazole rings is 1. The molecule has 1 unspecified atom stereocenters. The van der Waals surface area contributed by atoms with Crippen LogP contribution in [-0.4, -0.2) is 43.3 Å². The molecule has 1 amide bonds. The molecule has 0 fully saturated rings. The van der Waals surface area contributed by atoms with E-state index >= 15 is 0 Å². The Morgan fingerprint density at radius 1 is 1.23 bits per heavy atom. The summed E-state index contributed by atoms with van der Waals surface area (Å²) in [7, 11) is -0.763. The number of nitrogens with zero attached hydrogens (tertiary/aromatic N) is 2. The van der Waals surface area contributed by atoms with Crippen molar-refractivity contribution in [1.29, 1.82) is 0 Å². The van der Waals surface area contributed by atoms with E-state index in [1.165, 1.54) is 31.0 Å². The van der Waals surface area contributed by atoms with Gasteiger partial charge in [-0.1, -0.05) is 11.8 Å². The summed E-state index contributed by atoms with van der Waals surface area (Å²) >= 11 is 1.27. The Bertz CT molecular complexity index is 1220. The summed E-state index contributed by atoms with van der Waals surface area (Å²) in [6, 6.07) is 9.70. The number of amides is 1. The average molecular weight is 465 g/mol. The highest BCUT2D eigenvalue weighted by molar-refractivity contribution is 8.00. The number of fused-ring (bicyclic) bond motifs is 1. The number of thioether (sulfide) groups is 1. The second-order valence-corrected chi connectivity index (χ2v) is 9.52. The van der Waals surface area contributed by atoms with Gasteiger partial charge in [-0.2, -0.15) is 0 Å². The van der Waals surface area contributed by atoms with Crippen LogP contribution >= 0.6 is 11.8 Å². The van der Waals surface area contributed by atoms with Crippen LogP contribution in [0.15, 0.2) is 46.5 Å². The van der Waals surface area contributed by atoms with Crippen molar-refractivity contribution >= 4 is 44.4 Å². The lowest BCUT2D eigenvalue weighted by atomic mass is 10.2. The molecule has 1 aromatic heterocycles. The van der Waals surface area contributed by atoms with Gasteiger partial charge in [0.05, 0.1) is 41.1 Å². The number of hydrogen-bond donors (Lipinski definition) is 2. The molecule has 0 spiro atoms. The molecular formula is C20H24N4O5S2. The monoisotopic (exact) mass is 464 g/mol. The molecule has 9 nitrogen and oxygen atoms in total. The maximum atomic E-state index is 12.8. The third kappa shape index (κ3) is 4.94. The molecule has 3 rings (SSSR count). The van der Waals surface area contributed by atoms with Gasteiger partial charge in [0.1, 0.15) is 11.5 Å². The number of benzene rings is 2. The summed E-state index contributed by atoms with van der Waals surface area (Å²) < 4.78 is 35.7. The summed E-state index contributed by atoms with van der Waals surface area (Å²) in [6.07, 6.45) is 0. The normalized spacial score (nSPS) is 12.5. The van der Waals surface area contributed by atoms with Gasteiger partial charge in [-0.05, 0) is 44.2 Å². The van der Waals surface area contributed by atoms with E-state index in [2.05, 4.69) is 10.3 Å². The molecule has 0 aliphatic heterocycles. The number of aromatic nitrogens is 2. The minimum absolute atomic E-state index is 0.00628. The van der Waals surface area contributed by atoms with Crippen molar-refractivity contribution in [3.05, 3.63) is 36.4 Å². The lowest BCUT2D eigenvalue weighted by molar-refractivity contribution is -0.115. The van der Waals surface area contributed by atoms with E-state index < -0.39 is 15.3 Å². The van der Waals surface area contributed by atoms with Gasteiger partial charge < -0.3 is 19.4 Å². The Labute approximate surface area is 185 Å². The Morgan fingerprint density at radius 2 is 1.97 bits per heavy atom. The summed E-state index contributed by atoms with van der Waals surface area (Å²) in [5.74, 6) is 0.869. The predicted octanol–water partition coefficient (Wildman–Crippen LogP) is 2.84. The van der Waals surface area contributed by atoms with Gasteiger partial charge in [0.25, 0.3) is 0 Å². The molecule has 1 heterocycles. The van der Waals surface area contributed by atoms with E-state index in [9.17, 15) is 13.2 Å². The lowest BCUT2D eigenvalue weighted by Gasteiger charge is -2.15. The first-order valence-corrected chi connectivity index (χ1v) is 11.8. The van der Waals surface area contributed by atoms with Crippen molar-refractivity contribution in [3.63, 3.8) is 0 Å². The number of hydrogen-bond acceptors (Lipinski definition) is 7. The number of ether oxygens (including phenoxy) is 2. The van der Waals surface area contributed by atoms with E-state index in [0.29, 0.717) is 34.4 Å². The van der Waals surface area contributed by atoms with Crippen LogP contribution in [0.1, 0.15) is 13.8 Å². The van der Waals surface area contributed by atoms with Gasteiger partial charge in [0.2, 0.25) is 15.9 Å². The fourth-order valence-corrected chi connectivity index (χ4v) is 4.54. The number of primary sulfonamides is 1. The van der Waals surface area contributed by atoms with Crippen molar-refractivity contribution in [3.8, 4) is 11.5 Å². The van der Waals surface area contributed by atoms with Crippen molar-refractivity contribution in [2.75, 3.05) is 19.5 Å². The molecule has 166 valence electrons. The van der Waals surface area contributed by atoms with Crippen LogP contribution in [0.4, 0.5) is 5.69 Å². The molecule has 11 heteroatoms. The van der Waals surface area contributed by atoms with Crippen molar-refractivity contribution < 1.29 is 22.7 Å². The number of carbonyl (C=O) groups excluding carboxylic acids is 1. The van der Waals surface area contributed by atoms with Crippen LogP contribution in [0.2, 0.25) is 0 Å². The van der Waals surface area contributed by atoms with Gasteiger partial charge in [0.15, 0.2) is 5.16 Å². The Hall–Kier alpha value is -2.76. The van der Waals surface area contributed by atoms with E-state index in [4.69, 9.17) is 14.6 Å². The fourth-order valence-electron chi connectivity index (χ4n) is 3.02. The van der Waals surface area contributed by atoms with Gasteiger partial charge in [-0.3, -0.25) is 4.79 Å². The summed E-state index contributed by atoms with van der Waals surface area (Å²) in [6.45, 7) is 4.32. The second kappa shape index (κ2) is 9.16. The van der Waals surface area contributed by atoms with Crippen LogP contribution in [0.3, 0.4) is 0 Å². The molecule has 0 bridgehead atoms. The van der Waals surface area contributed by atoms with E-state index in [-0.39, 0.29) is 10.8 Å². The van der Waals surface area contributed by atoms with E-state index in [1.807, 2.05) is 11.5 Å². The number of nitrogens with one attached hydrogen (secondary N) is 1. The fraction of sp³-hybridized carbons (Fsp3) is 0.300. The third-order valence-electron chi connectivity index (χ3n) is 4.65. The standard InChI is InChI=1S/C20H24N4O5S2/c1-5-24-17-8-7-14(31(21,26)27)11-15(17)23-20(24)30-12(2)19(25)22-16-10-13(28-3)6-9-18(16)29-4/h6-12H,5H2,1-4H3,(H,22,25)(H2,21,26,27). The quantitative estimate of drug-likeness (QED) is 0.491. The summed E-state index contributed by atoms with van der Waals surface area (Å²) in [5.41, 5.74) is 1.76. The number of nitrogens with two attached hydrogens (primary N) is 1. The van der Waals surface area contributed by atoms with Crippen LogP contribution < -0.4 is 19.9 Å². The van der Waals surface area contributed by atoms with Gasteiger partial charge in [0, 0.05) is 12.6 Å². The predicted molar refractivity (Wildman–Crippen MR) is 120 cm³/mol. The lowest BCUT2D eigenvalue weighted by Crippen LogP contribution is -2.23. The second-order valence-electron chi connectivity index (χ2n) is 6.65. The maximum Gasteiger partial charge on any atom is 0.238 e. The molecule has 1 atom stereocenters. The number of aryl methyl sites for hydroxylation is 1. The number of rotatable bonds is 8. The van der Waals surface area contributed by atoms with Crippen molar-refractivity contribution in [2.45, 2.75) is 35.7 Å². The minimum Gasteiger partial charge on any atom is -0.497 e. The first kappa shape index (κ1) is 22.9. The SMILES string of the molecule is CCn1c(SC(C)C(=O)Nc2cc(OC)ccc2OC)nc2cc(S(N)(=O)=O)ccc21. The zero-order chi connectivity index (χ0) is 22.8. The smallest absolute Gasteiger partial charge is 0.238 e. The topological polar surface area (TPSA) is 126 Å². The highest BCUT2D eigenvalue weighted by Gasteiger charge is 2.21. The zero-order valence-corrected chi connectivity index (χ0v) is 19.2. The zero-order valence-electron chi connectivity index (χ0n) is 17.6. The van der Waals surface area contributed by atoms with Gasteiger partial charge in [-0.15, -0.1) is 0 Å². The molecule has 0 saturated heterocycles. The summed E-state index contributed by atoms with van der Waals surface area (Å²) in [4.78, 5) is 17.3. The van der Waals surface area contributed by atoms with Crippen LogP contribution in [0, 0.1) is 0 Å². The Balaban J connectivity index is 1.85.